The highest BCUT2D eigenvalue weighted by Gasteiger charge is 2.32. The molecular weight excluding hydrogens is 375 g/mol. The maximum atomic E-state index is 13.6. The van der Waals surface area contributed by atoms with Crippen molar-refractivity contribution in [2.45, 2.75) is 18.9 Å². The Bertz CT molecular complexity index is 1060. The van der Waals surface area contributed by atoms with Gasteiger partial charge in [-0.2, -0.15) is 5.10 Å². The van der Waals surface area contributed by atoms with Crippen LogP contribution in [0.25, 0.3) is 5.65 Å². The number of aliphatic hydroxyl groups is 1. The third kappa shape index (κ3) is 3.21. The van der Waals surface area contributed by atoms with E-state index < -0.39 is 0 Å². The van der Waals surface area contributed by atoms with Crippen LogP contribution in [0, 0.1) is 11.7 Å². The second kappa shape index (κ2) is 7.07. The van der Waals surface area contributed by atoms with Gasteiger partial charge in [0.25, 0.3) is 5.91 Å². The molecule has 1 atom stereocenters. The van der Waals surface area contributed by atoms with Gasteiger partial charge in [-0.15, -0.1) is 0 Å². The van der Waals surface area contributed by atoms with Gasteiger partial charge in [0, 0.05) is 50.6 Å². The van der Waals surface area contributed by atoms with E-state index in [9.17, 15) is 9.18 Å². The van der Waals surface area contributed by atoms with Crippen molar-refractivity contribution in [2.75, 3.05) is 31.1 Å². The fourth-order valence-electron chi connectivity index (χ4n) is 4.15. The van der Waals surface area contributed by atoms with Crippen LogP contribution in [0.1, 0.15) is 34.9 Å². The highest BCUT2D eigenvalue weighted by Crippen LogP contribution is 2.35. The van der Waals surface area contributed by atoms with Gasteiger partial charge in [0.1, 0.15) is 11.6 Å². The first-order valence-corrected chi connectivity index (χ1v) is 9.76. The minimum atomic E-state index is -0.342. The van der Waals surface area contributed by atoms with E-state index in [1.807, 2.05) is 6.07 Å². The van der Waals surface area contributed by atoms with E-state index in [2.05, 4.69) is 15.0 Å². The molecule has 5 heterocycles. The Morgan fingerprint density at radius 2 is 2.14 bits per heavy atom. The first-order chi connectivity index (χ1) is 14.1. The number of anilines is 1. The lowest BCUT2D eigenvalue weighted by molar-refractivity contribution is 0.0356. The minimum absolute atomic E-state index is 0.0219. The van der Waals surface area contributed by atoms with Crippen LogP contribution in [0.4, 0.5) is 10.2 Å². The average molecular weight is 396 g/mol. The number of nitrogens with zero attached hydrogens (tertiary/aromatic N) is 6. The molecule has 0 aromatic carbocycles. The number of aromatic nitrogens is 4. The minimum Gasteiger partial charge on any atom is -0.396 e. The fourth-order valence-corrected chi connectivity index (χ4v) is 4.15. The Morgan fingerprint density at radius 1 is 1.28 bits per heavy atom. The van der Waals surface area contributed by atoms with Crippen LogP contribution in [0.3, 0.4) is 0 Å². The highest BCUT2D eigenvalue weighted by molar-refractivity contribution is 5.93. The zero-order valence-corrected chi connectivity index (χ0v) is 15.8. The van der Waals surface area contributed by atoms with Crippen LogP contribution in [-0.2, 0) is 0 Å². The van der Waals surface area contributed by atoms with Crippen molar-refractivity contribution in [1.29, 1.82) is 0 Å². The Labute approximate surface area is 166 Å². The average Bonchev–Trinajstić information content (AvgIpc) is 3.33. The second-order valence-corrected chi connectivity index (χ2v) is 7.66. The number of rotatable bonds is 4. The van der Waals surface area contributed by atoms with Crippen LogP contribution < -0.4 is 4.90 Å². The van der Waals surface area contributed by atoms with E-state index >= 15 is 0 Å². The number of carbonyl (C=O) groups excluding carboxylic acids is 1. The molecule has 9 heteroatoms. The maximum absolute atomic E-state index is 13.6. The number of pyridine rings is 1. The van der Waals surface area contributed by atoms with Crippen LogP contribution in [0.15, 0.2) is 36.8 Å². The van der Waals surface area contributed by atoms with E-state index in [1.54, 1.807) is 27.9 Å². The van der Waals surface area contributed by atoms with E-state index in [0.29, 0.717) is 24.4 Å². The summed E-state index contributed by atoms with van der Waals surface area (Å²) < 4.78 is 15.2. The summed E-state index contributed by atoms with van der Waals surface area (Å²) in [6.45, 7) is 2.02. The van der Waals surface area contributed by atoms with Crippen molar-refractivity contribution >= 4 is 17.4 Å². The van der Waals surface area contributed by atoms with Gasteiger partial charge in [-0.25, -0.2) is 13.9 Å². The number of likely N-dealkylation sites (tertiary alicyclic amines) is 1. The molecule has 8 nitrogen and oxygen atoms in total. The summed E-state index contributed by atoms with van der Waals surface area (Å²) in [5.74, 6) is 0.440. The number of aliphatic hydroxyl groups excluding tert-OH is 1. The molecule has 2 saturated heterocycles. The number of halogens is 1. The van der Waals surface area contributed by atoms with Crippen molar-refractivity contribution in [3.05, 3.63) is 53.9 Å². The van der Waals surface area contributed by atoms with E-state index in [4.69, 9.17) is 10.1 Å². The van der Waals surface area contributed by atoms with Crippen molar-refractivity contribution in [1.82, 2.24) is 24.5 Å². The summed E-state index contributed by atoms with van der Waals surface area (Å²) in [6.07, 6.45) is 6.59. The van der Waals surface area contributed by atoms with Crippen LogP contribution in [0.5, 0.6) is 0 Å². The molecule has 2 aliphatic heterocycles. The van der Waals surface area contributed by atoms with Crippen LogP contribution in [0.2, 0.25) is 0 Å². The van der Waals surface area contributed by atoms with Gasteiger partial charge in [-0.3, -0.25) is 9.78 Å². The third-order valence-corrected chi connectivity index (χ3v) is 5.69. The first kappa shape index (κ1) is 18.0. The molecule has 0 saturated carbocycles. The Kier molecular flexibility index (Phi) is 4.39. The molecule has 3 aromatic heterocycles. The number of carbonyl (C=O) groups is 1. The monoisotopic (exact) mass is 396 g/mol. The normalized spacial score (nSPS) is 19.7. The molecule has 2 fully saturated rings. The second-order valence-electron chi connectivity index (χ2n) is 7.66. The lowest BCUT2D eigenvalue weighted by Gasteiger charge is -2.37. The summed E-state index contributed by atoms with van der Waals surface area (Å²) in [5, 5.41) is 13.5. The molecule has 0 aliphatic carbocycles. The van der Waals surface area contributed by atoms with Crippen LogP contribution in [-0.4, -0.2) is 61.7 Å². The molecule has 5 rings (SSSR count). The van der Waals surface area contributed by atoms with Crippen molar-refractivity contribution in [3.8, 4) is 0 Å². The van der Waals surface area contributed by atoms with Gasteiger partial charge in [0.2, 0.25) is 0 Å². The number of hydrogen-bond acceptors (Lipinski definition) is 6. The Morgan fingerprint density at radius 3 is 2.93 bits per heavy atom. The highest BCUT2D eigenvalue weighted by atomic mass is 19.1. The van der Waals surface area contributed by atoms with Gasteiger partial charge >= 0.3 is 0 Å². The number of hydrogen-bond donors (Lipinski definition) is 1. The van der Waals surface area contributed by atoms with Crippen LogP contribution >= 0.6 is 0 Å². The van der Waals surface area contributed by atoms with E-state index in [1.165, 1.54) is 12.3 Å². The van der Waals surface area contributed by atoms with Crippen molar-refractivity contribution in [3.63, 3.8) is 0 Å². The number of amides is 1. The summed E-state index contributed by atoms with van der Waals surface area (Å²) in [5.41, 5.74) is 1.77. The van der Waals surface area contributed by atoms with Gasteiger partial charge < -0.3 is 14.9 Å². The zero-order chi connectivity index (χ0) is 20.0. The molecule has 29 heavy (non-hydrogen) atoms. The summed E-state index contributed by atoms with van der Waals surface area (Å²) >= 11 is 0. The topological polar surface area (TPSA) is 86.9 Å². The predicted octanol–water partition coefficient (Wildman–Crippen LogP) is 1.67. The summed E-state index contributed by atoms with van der Waals surface area (Å²) in [6, 6.07) is 5.10. The molecule has 150 valence electrons. The summed E-state index contributed by atoms with van der Waals surface area (Å²) in [7, 11) is 0. The van der Waals surface area contributed by atoms with Gasteiger partial charge in [-0.05, 0) is 30.5 Å². The van der Waals surface area contributed by atoms with Gasteiger partial charge in [0.15, 0.2) is 11.3 Å². The smallest absolute Gasteiger partial charge is 0.274 e. The maximum Gasteiger partial charge on any atom is 0.274 e. The van der Waals surface area contributed by atoms with Gasteiger partial charge in [-0.1, -0.05) is 0 Å². The molecular formula is C20H21FN6O2. The molecule has 0 spiro atoms. The largest absolute Gasteiger partial charge is 0.396 e. The Hall–Kier alpha value is -3.07. The van der Waals surface area contributed by atoms with E-state index in [0.717, 1.165) is 30.8 Å². The molecule has 1 amide bonds. The molecule has 0 bridgehead atoms. The fraction of sp³-hybridized carbons (Fsp3) is 0.400. The Balaban J connectivity index is 1.40. The first-order valence-electron chi connectivity index (χ1n) is 9.76. The molecule has 0 radical (unpaired) electrons. The third-order valence-electron chi connectivity index (χ3n) is 5.69. The van der Waals surface area contributed by atoms with Crippen molar-refractivity contribution in [2.24, 2.45) is 5.92 Å². The predicted molar refractivity (Wildman–Crippen MR) is 103 cm³/mol. The molecule has 2 aliphatic rings. The lowest BCUT2D eigenvalue weighted by atomic mass is 10.0. The van der Waals surface area contributed by atoms with Gasteiger partial charge in [0.05, 0.1) is 12.2 Å². The van der Waals surface area contributed by atoms with E-state index in [-0.39, 0.29) is 30.3 Å². The molecule has 0 unspecified atom stereocenters. The molecule has 3 aromatic rings. The summed E-state index contributed by atoms with van der Waals surface area (Å²) in [4.78, 5) is 25.1. The zero-order valence-electron chi connectivity index (χ0n) is 15.8. The molecule has 1 N–H and O–H groups in total. The quantitative estimate of drug-likeness (QED) is 0.722. The van der Waals surface area contributed by atoms with Crippen molar-refractivity contribution < 1.29 is 14.3 Å². The number of fused-ring (bicyclic) bond motifs is 1. The lowest BCUT2D eigenvalue weighted by Crippen LogP contribution is -2.51. The standard InChI is InChI=1S/C20H21FN6O2/c21-15-6-14(8-22-9-15)17-2-1-4-26(17)18-3-5-27-19(23-18)7-16(24-27)20(29)25-10-13(11-25)12-28/h3,5-9,13,17,28H,1-2,4,10-12H2/t17-/m1/s1. The SMILES string of the molecule is O=C(c1cc2nc(N3CCC[C@@H]3c3cncc(F)c3)ccn2n1)N1CC(CO)C1.